The van der Waals surface area contributed by atoms with Crippen molar-refractivity contribution in [2.75, 3.05) is 26.2 Å². The van der Waals surface area contributed by atoms with Crippen molar-refractivity contribution in [1.82, 2.24) is 29.5 Å². The van der Waals surface area contributed by atoms with Gasteiger partial charge in [0.2, 0.25) is 5.91 Å². The Morgan fingerprint density at radius 3 is 2.70 bits per heavy atom. The summed E-state index contributed by atoms with van der Waals surface area (Å²) in [5.41, 5.74) is 2.45. The molecule has 2 aliphatic heterocycles. The van der Waals surface area contributed by atoms with Crippen LogP contribution in [0.1, 0.15) is 51.0 Å². The molecule has 1 N–H and O–H groups in total. The van der Waals surface area contributed by atoms with E-state index in [1.54, 1.807) is 10.9 Å². The van der Waals surface area contributed by atoms with Crippen molar-refractivity contribution in [2.45, 2.75) is 51.6 Å². The highest BCUT2D eigenvalue weighted by Crippen LogP contribution is 2.42. The number of aromatic amines is 1. The quantitative estimate of drug-likeness (QED) is 0.896. The molecule has 7 nitrogen and oxygen atoms in total. The lowest BCUT2D eigenvalue weighted by Crippen LogP contribution is -2.58. The molecule has 0 aromatic carbocycles. The van der Waals surface area contributed by atoms with Crippen LogP contribution in [-0.4, -0.2) is 61.6 Å². The minimum Gasteiger partial charge on any atom is -0.348 e. The van der Waals surface area contributed by atoms with Crippen molar-refractivity contribution in [3.05, 3.63) is 36.2 Å². The lowest BCUT2D eigenvalue weighted by molar-refractivity contribution is -0.138. The van der Waals surface area contributed by atoms with Crippen LogP contribution >= 0.6 is 0 Å². The Kier molecular flexibility index (Phi) is 4.80. The maximum Gasteiger partial charge on any atom is 0.247 e. The molecule has 0 saturated carbocycles. The van der Waals surface area contributed by atoms with E-state index >= 15 is 0 Å². The first kappa shape index (κ1) is 18.2. The number of amides is 1. The molecular weight excluding hydrogens is 340 g/mol. The Bertz CT molecular complexity index is 772. The van der Waals surface area contributed by atoms with E-state index in [9.17, 15) is 4.79 Å². The number of nitrogens with zero attached hydrogens (tertiary/aromatic N) is 5. The van der Waals surface area contributed by atoms with Crippen molar-refractivity contribution in [3.63, 3.8) is 0 Å². The maximum atomic E-state index is 13.0. The average molecular weight is 371 g/mol. The van der Waals surface area contributed by atoms with Crippen LogP contribution in [0.2, 0.25) is 0 Å². The third-order valence-corrected chi connectivity index (χ3v) is 6.16. The number of H-pyrrole nitrogens is 1. The van der Waals surface area contributed by atoms with Gasteiger partial charge in [-0.2, -0.15) is 5.10 Å². The maximum absolute atomic E-state index is 13.0. The van der Waals surface area contributed by atoms with Crippen LogP contribution in [0.25, 0.3) is 0 Å². The van der Waals surface area contributed by atoms with Crippen LogP contribution in [-0.2, 0) is 16.8 Å². The van der Waals surface area contributed by atoms with E-state index < -0.39 is 0 Å². The van der Waals surface area contributed by atoms with Crippen molar-refractivity contribution in [1.29, 1.82) is 0 Å². The zero-order chi connectivity index (χ0) is 19.0. The summed E-state index contributed by atoms with van der Waals surface area (Å²) in [6, 6.07) is 1.60. The van der Waals surface area contributed by atoms with Gasteiger partial charge in [0.05, 0.1) is 17.6 Å². The molecule has 2 aliphatic rings. The van der Waals surface area contributed by atoms with Gasteiger partial charge in [0.1, 0.15) is 6.04 Å². The fourth-order valence-electron chi connectivity index (χ4n) is 4.77. The van der Waals surface area contributed by atoms with E-state index in [0.29, 0.717) is 5.92 Å². The van der Waals surface area contributed by atoms with Gasteiger partial charge in [0.15, 0.2) is 0 Å². The van der Waals surface area contributed by atoms with E-state index in [-0.39, 0.29) is 17.5 Å². The first-order valence-electron chi connectivity index (χ1n) is 10.1. The van der Waals surface area contributed by atoms with E-state index in [4.69, 9.17) is 4.98 Å². The second-order valence-corrected chi connectivity index (χ2v) is 8.34. The SMILES string of the molecule is CC(C)CN1CCc2[nH]cnc2C12CCN(C(=O)[C@H](C)n1cccn1)CC2. The van der Waals surface area contributed by atoms with E-state index in [2.05, 4.69) is 28.8 Å². The Hall–Kier alpha value is -2.15. The number of aromatic nitrogens is 4. The third kappa shape index (κ3) is 3.18. The summed E-state index contributed by atoms with van der Waals surface area (Å²) in [6.07, 6.45) is 8.32. The fraction of sp³-hybridized carbons (Fsp3) is 0.650. The fourth-order valence-corrected chi connectivity index (χ4v) is 4.77. The molecule has 4 heterocycles. The number of carbonyl (C=O) groups is 1. The normalized spacial score (nSPS) is 20.8. The summed E-state index contributed by atoms with van der Waals surface area (Å²) >= 11 is 0. The zero-order valence-electron chi connectivity index (χ0n) is 16.6. The van der Waals surface area contributed by atoms with Gasteiger partial charge in [0.25, 0.3) is 0 Å². The lowest BCUT2D eigenvalue weighted by atomic mass is 9.78. The van der Waals surface area contributed by atoms with Crippen LogP contribution < -0.4 is 0 Å². The molecule has 0 unspecified atom stereocenters. The molecule has 146 valence electrons. The van der Waals surface area contributed by atoms with Crippen molar-refractivity contribution in [3.8, 4) is 0 Å². The van der Waals surface area contributed by atoms with Crippen molar-refractivity contribution < 1.29 is 4.79 Å². The number of nitrogens with one attached hydrogen (secondary N) is 1. The summed E-state index contributed by atoms with van der Waals surface area (Å²) in [5, 5.41) is 4.23. The largest absolute Gasteiger partial charge is 0.348 e. The number of rotatable bonds is 4. The van der Waals surface area contributed by atoms with Gasteiger partial charge in [-0.05, 0) is 31.7 Å². The highest BCUT2D eigenvalue weighted by molar-refractivity contribution is 5.80. The topological polar surface area (TPSA) is 70.1 Å². The predicted molar refractivity (Wildman–Crippen MR) is 103 cm³/mol. The van der Waals surface area contributed by atoms with Crippen LogP contribution in [0.5, 0.6) is 0 Å². The average Bonchev–Trinajstić information content (AvgIpc) is 3.35. The molecule has 1 atom stereocenters. The summed E-state index contributed by atoms with van der Waals surface area (Å²) in [5.74, 6) is 0.767. The Balaban J connectivity index is 1.53. The molecule has 2 aromatic heterocycles. The molecule has 2 aromatic rings. The van der Waals surface area contributed by atoms with E-state index in [0.717, 1.165) is 45.4 Å². The summed E-state index contributed by atoms with van der Waals surface area (Å²) < 4.78 is 1.74. The molecule has 7 heteroatoms. The van der Waals surface area contributed by atoms with E-state index in [1.165, 1.54) is 11.4 Å². The highest BCUT2D eigenvalue weighted by atomic mass is 16.2. The standard InChI is InChI=1S/C20H30N6O/c1-15(2)13-25-10-5-17-18(22-14-21-17)20(25)6-11-24(12-7-20)19(27)16(3)26-9-4-8-23-26/h4,8-9,14-16H,5-7,10-13H2,1-3H3,(H,21,22)/t16-/m0/s1. The minimum absolute atomic E-state index is 0.0381. The van der Waals surface area contributed by atoms with Crippen LogP contribution in [0, 0.1) is 5.92 Å². The Labute approximate surface area is 160 Å². The third-order valence-electron chi connectivity index (χ3n) is 6.16. The second-order valence-electron chi connectivity index (χ2n) is 8.34. The van der Waals surface area contributed by atoms with Crippen molar-refractivity contribution in [2.24, 2.45) is 5.92 Å². The first-order chi connectivity index (χ1) is 13.0. The smallest absolute Gasteiger partial charge is 0.247 e. The monoisotopic (exact) mass is 370 g/mol. The number of piperidine rings is 1. The number of hydrogen-bond donors (Lipinski definition) is 1. The number of imidazole rings is 1. The number of likely N-dealkylation sites (tertiary alicyclic amines) is 1. The minimum atomic E-state index is -0.256. The summed E-state index contributed by atoms with van der Waals surface area (Å²) in [4.78, 5) is 25.6. The molecule has 0 aliphatic carbocycles. The van der Waals surface area contributed by atoms with Gasteiger partial charge < -0.3 is 9.88 Å². The molecule has 1 spiro atoms. The van der Waals surface area contributed by atoms with Gasteiger partial charge >= 0.3 is 0 Å². The molecular formula is C20H30N6O. The Morgan fingerprint density at radius 2 is 2.04 bits per heavy atom. The summed E-state index contributed by atoms with van der Waals surface area (Å²) in [7, 11) is 0. The van der Waals surface area contributed by atoms with Gasteiger partial charge in [-0.25, -0.2) is 4.98 Å². The molecule has 1 fully saturated rings. The molecule has 4 rings (SSSR count). The molecule has 27 heavy (non-hydrogen) atoms. The first-order valence-corrected chi connectivity index (χ1v) is 10.1. The van der Waals surface area contributed by atoms with Gasteiger partial charge in [0, 0.05) is 50.7 Å². The predicted octanol–water partition coefficient (Wildman–Crippen LogP) is 2.20. The van der Waals surface area contributed by atoms with Crippen LogP contribution in [0.15, 0.2) is 24.8 Å². The highest BCUT2D eigenvalue weighted by Gasteiger charge is 2.47. The number of fused-ring (bicyclic) bond motifs is 2. The second kappa shape index (κ2) is 7.11. The molecule has 0 radical (unpaired) electrons. The molecule has 1 saturated heterocycles. The molecule has 1 amide bonds. The number of hydrogen-bond acceptors (Lipinski definition) is 4. The number of carbonyl (C=O) groups excluding carboxylic acids is 1. The van der Waals surface area contributed by atoms with Gasteiger partial charge in [-0.3, -0.25) is 14.4 Å². The van der Waals surface area contributed by atoms with E-state index in [1.807, 2.05) is 30.4 Å². The van der Waals surface area contributed by atoms with Crippen LogP contribution in [0.3, 0.4) is 0 Å². The summed E-state index contributed by atoms with van der Waals surface area (Å²) in [6.45, 7) is 10.2. The molecule has 0 bridgehead atoms. The van der Waals surface area contributed by atoms with Crippen LogP contribution in [0.4, 0.5) is 0 Å². The Morgan fingerprint density at radius 1 is 1.26 bits per heavy atom. The zero-order valence-corrected chi connectivity index (χ0v) is 16.6. The van der Waals surface area contributed by atoms with Gasteiger partial charge in [-0.1, -0.05) is 13.8 Å². The van der Waals surface area contributed by atoms with Gasteiger partial charge in [-0.15, -0.1) is 0 Å². The van der Waals surface area contributed by atoms with Crippen molar-refractivity contribution >= 4 is 5.91 Å². The lowest BCUT2D eigenvalue weighted by Gasteiger charge is -2.51.